The van der Waals surface area contributed by atoms with Gasteiger partial charge in [-0.15, -0.1) is 0 Å². The maximum Gasteiger partial charge on any atom is 0.280 e. The van der Waals surface area contributed by atoms with E-state index in [9.17, 15) is 40.5 Å². The van der Waals surface area contributed by atoms with Gasteiger partial charge < -0.3 is 0 Å². The largest absolute Gasteiger partial charge is 0.280 e. The molecule has 2 aromatic rings. The number of non-ortho nitro benzene ring substituents is 2. The van der Waals surface area contributed by atoms with Gasteiger partial charge in [0.2, 0.25) is 0 Å². The average Bonchev–Trinajstić information content (AvgIpc) is 2.64. The molecule has 28 heavy (non-hydrogen) atoms. The minimum absolute atomic E-state index is 0.139. The monoisotopic (exact) mass is 426 g/mol. The first kappa shape index (κ1) is 21.0. The molecule has 14 heteroatoms. The Morgan fingerprint density at radius 3 is 1.25 bits per heavy atom. The van der Waals surface area contributed by atoms with Crippen molar-refractivity contribution in [3.05, 3.63) is 88.0 Å². The summed E-state index contributed by atoms with van der Waals surface area (Å²) >= 11 is 0. The highest BCUT2D eigenvalue weighted by atomic mass is 33.1. The van der Waals surface area contributed by atoms with Crippen LogP contribution >= 0.6 is 21.6 Å². The zero-order valence-corrected chi connectivity index (χ0v) is 15.4. The summed E-state index contributed by atoms with van der Waals surface area (Å²) < 4.78 is 0. The summed E-state index contributed by atoms with van der Waals surface area (Å²) in [5.74, 6) is 0.277. The van der Waals surface area contributed by atoms with Gasteiger partial charge in [0.1, 0.15) is 0 Å². The Labute approximate surface area is 163 Å². The Bertz CT molecular complexity index is 891. The molecular formula is C14H10N4O8S2. The molecule has 0 aromatic heterocycles. The number of benzene rings is 2. The van der Waals surface area contributed by atoms with Gasteiger partial charge in [-0.1, -0.05) is 21.6 Å². The number of hydrogen-bond acceptors (Lipinski definition) is 10. The maximum atomic E-state index is 11.1. The second kappa shape index (κ2) is 9.09. The molecule has 0 N–H and O–H groups in total. The number of nitro benzene ring substituents is 4. The quantitative estimate of drug-likeness (QED) is 0.242. The summed E-state index contributed by atoms with van der Waals surface area (Å²) in [4.78, 5) is 40.8. The Hall–Kier alpha value is -3.26. The van der Waals surface area contributed by atoms with Crippen molar-refractivity contribution in [2.24, 2.45) is 0 Å². The SMILES string of the molecule is O=[N+]([O-])c1ccc(CSSCc2ccc([N+](=O)[O-])cc2[N+](=O)[O-])c([N+](=O)[O-])c1. The summed E-state index contributed by atoms with van der Waals surface area (Å²) in [5, 5.41) is 43.7. The van der Waals surface area contributed by atoms with Crippen LogP contribution in [0.4, 0.5) is 22.7 Å². The van der Waals surface area contributed by atoms with Crippen molar-refractivity contribution >= 4 is 44.3 Å². The van der Waals surface area contributed by atoms with E-state index >= 15 is 0 Å². The van der Waals surface area contributed by atoms with Gasteiger partial charge in [-0.2, -0.15) is 0 Å². The molecule has 0 spiro atoms. The molecule has 0 amide bonds. The molecule has 0 radical (unpaired) electrons. The van der Waals surface area contributed by atoms with Gasteiger partial charge in [-0.05, 0) is 12.1 Å². The van der Waals surface area contributed by atoms with E-state index < -0.39 is 31.1 Å². The third-order valence-corrected chi connectivity index (χ3v) is 5.70. The van der Waals surface area contributed by atoms with Crippen molar-refractivity contribution in [2.75, 3.05) is 0 Å². The van der Waals surface area contributed by atoms with E-state index in [2.05, 4.69) is 0 Å². The highest BCUT2D eigenvalue weighted by Crippen LogP contribution is 2.36. The van der Waals surface area contributed by atoms with Gasteiger partial charge in [0.15, 0.2) is 0 Å². The fourth-order valence-electron chi connectivity index (χ4n) is 2.13. The standard InChI is InChI=1S/C14H10N4O8S2/c19-15(20)11-3-1-9(13(5-11)17(23)24)7-27-28-8-10-2-4-12(16(21)22)6-14(10)18(25)26/h1-6H,7-8H2. The summed E-state index contributed by atoms with van der Waals surface area (Å²) in [7, 11) is 2.33. The molecule has 0 saturated carbocycles. The molecule has 0 saturated heterocycles. The Morgan fingerprint density at radius 1 is 0.607 bits per heavy atom. The lowest BCUT2D eigenvalue weighted by Gasteiger charge is -2.04. The average molecular weight is 426 g/mol. The minimum atomic E-state index is -0.730. The highest BCUT2D eigenvalue weighted by molar-refractivity contribution is 8.76. The number of nitro groups is 4. The molecule has 146 valence electrons. The molecule has 12 nitrogen and oxygen atoms in total. The smallest absolute Gasteiger partial charge is 0.258 e. The zero-order chi connectivity index (χ0) is 20.8. The normalized spacial score (nSPS) is 10.4. The van der Waals surface area contributed by atoms with Crippen LogP contribution in [0.3, 0.4) is 0 Å². The summed E-state index contributed by atoms with van der Waals surface area (Å²) in [6.45, 7) is 0. The van der Waals surface area contributed by atoms with Crippen LogP contribution in [0.15, 0.2) is 36.4 Å². The van der Waals surface area contributed by atoms with Gasteiger partial charge in [0.05, 0.1) is 31.8 Å². The fourth-order valence-corrected chi connectivity index (χ4v) is 4.30. The molecule has 0 fully saturated rings. The van der Waals surface area contributed by atoms with E-state index in [-0.39, 0.29) is 34.0 Å². The van der Waals surface area contributed by atoms with Crippen LogP contribution in [0.2, 0.25) is 0 Å². The third-order valence-electron chi connectivity index (χ3n) is 3.46. The van der Waals surface area contributed by atoms with Crippen molar-refractivity contribution in [3.8, 4) is 0 Å². The molecule has 0 unspecified atom stereocenters. The van der Waals surface area contributed by atoms with Crippen LogP contribution in [-0.4, -0.2) is 19.7 Å². The number of nitrogens with zero attached hydrogens (tertiary/aromatic N) is 4. The van der Waals surface area contributed by atoms with Crippen LogP contribution in [0.25, 0.3) is 0 Å². The third kappa shape index (κ3) is 5.14. The Morgan fingerprint density at radius 2 is 0.964 bits per heavy atom. The molecule has 2 aromatic carbocycles. The molecule has 0 atom stereocenters. The van der Waals surface area contributed by atoms with Crippen molar-refractivity contribution in [1.29, 1.82) is 0 Å². The molecule has 0 aliphatic rings. The molecular weight excluding hydrogens is 416 g/mol. The van der Waals surface area contributed by atoms with E-state index in [4.69, 9.17) is 0 Å². The minimum Gasteiger partial charge on any atom is -0.258 e. The molecule has 0 aliphatic heterocycles. The van der Waals surface area contributed by atoms with E-state index in [0.29, 0.717) is 0 Å². The number of hydrogen-bond donors (Lipinski definition) is 0. The van der Waals surface area contributed by atoms with E-state index in [1.54, 1.807) is 0 Å². The second-order valence-electron chi connectivity index (χ2n) is 5.18. The van der Waals surface area contributed by atoms with E-state index in [1.165, 1.54) is 12.1 Å². The fraction of sp³-hybridized carbons (Fsp3) is 0.143. The molecule has 0 bridgehead atoms. The lowest BCUT2D eigenvalue weighted by Crippen LogP contribution is -1.97. The first-order valence-corrected chi connectivity index (χ1v) is 9.77. The van der Waals surface area contributed by atoms with Gasteiger partial charge in [-0.3, -0.25) is 40.5 Å². The Kier molecular flexibility index (Phi) is 6.84. The van der Waals surface area contributed by atoms with Crippen molar-refractivity contribution < 1.29 is 19.7 Å². The summed E-state index contributed by atoms with van der Waals surface area (Å²) in [6, 6.07) is 6.66. The van der Waals surface area contributed by atoms with E-state index in [0.717, 1.165) is 45.9 Å². The second-order valence-corrected chi connectivity index (χ2v) is 7.64. The Balaban J connectivity index is 2.07. The van der Waals surface area contributed by atoms with Crippen molar-refractivity contribution in [1.82, 2.24) is 0 Å². The van der Waals surface area contributed by atoms with Crippen LogP contribution in [0.5, 0.6) is 0 Å². The lowest BCUT2D eigenvalue weighted by atomic mass is 10.2. The van der Waals surface area contributed by atoms with Crippen molar-refractivity contribution in [3.63, 3.8) is 0 Å². The zero-order valence-electron chi connectivity index (χ0n) is 13.7. The van der Waals surface area contributed by atoms with Crippen LogP contribution in [0, 0.1) is 40.5 Å². The first-order valence-electron chi connectivity index (χ1n) is 7.28. The first-order chi connectivity index (χ1) is 13.2. The molecule has 0 heterocycles. The van der Waals surface area contributed by atoms with Gasteiger partial charge in [-0.25, -0.2) is 0 Å². The molecule has 0 aliphatic carbocycles. The highest BCUT2D eigenvalue weighted by Gasteiger charge is 2.21. The lowest BCUT2D eigenvalue weighted by molar-refractivity contribution is -0.394. The topological polar surface area (TPSA) is 173 Å². The van der Waals surface area contributed by atoms with Gasteiger partial charge >= 0.3 is 0 Å². The van der Waals surface area contributed by atoms with Crippen LogP contribution < -0.4 is 0 Å². The number of rotatable bonds is 9. The predicted octanol–water partition coefficient (Wildman–Crippen LogP) is 4.40. The maximum absolute atomic E-state index is 11.1. The van der Waals surface area contributed by atoms with Crippen LogP contribution in [-0.2, 0) is 11.5 Å². The van der Waals surface area contributed by atoms with Gasteiger partial charge in [0.25, 0.3) is 22.7 Å². The summed E-state index contributed by atoms with van der Waals surface area (Å²) in [6.07, 6.45) is 0. The predicted molar refractivity (Wildman–Crippen MR) is 102 cm³/mol. The van der Waals surface area contributed by atoms with Crippen LogP contribution in [0.1, 0.15) is 11.1 Å². The summed E-state index contributed by atoms with van der Waals surface area (Å²) in [5.41, 5.74) is -1.02. The van der Waals surface area contributed by atoms with E-state index in [1.807, 2.05) is 0 Å². The molecule has 2 rings (SSSR count). The van der Waals surface area contributed by atoms with Gasteiger partial charge in [0, 0.05) is 34.8 Å². The van der Waals surface area contributed by atoms with Crippen molar-refractivity contribution in [2.45, 2.75) is 11.5 Å².